The molecule has 21 heavy (non-hydrogen) atoms. The van der Waals surface area contributed by atoms with Gasteiger partial charge in [0, 0.05) is 37.0 Å². The Kier molecular flexibility index (Phi) is 4.98. The second-order valence-corrected chi connectivity index (χ2v) is 5.77. The fourth-order valence-electron chi connectivity index (χ4n) is 2.32. The summed E-state index contributed by atoms with van der Waals surface area (Å²) in [5.41, 5.74) is 1.03. The fourth-order valence-corrected chi connectivity index (χ4v) is 2.32. The summed E-state index contributed by atoms with van der Waals surface area (Å²) in [6.45, 7) is 9.73. The van der Waals surface area contributed by atoms with Crippen LogP contribution in [-0.2, 0) is 4.79 Å². The van der Waals surface area contributed by atoms with Crippen molar-refractivity contribution in [3.63, 3.8) is 0 Å². The first-order valence-corrected chi connectivity index (χ1v) is 7.66. The van der Waals surface area contributed by atoms with Crippen molar-refractivity contribution in [3.8, 4) is 0 Å². The van der Waals surface area contributed by atoms with E-state index in [1.165, 1.54) is 0 Å². The van der Waals surface area contributed by atoms with Crippen LogP contribution < -0.4 is 16.0 Å². The number of amides is 1. The van der Waals surface area contributed by atoms with E-state index in [0.717, 1.165) is 36.0 Å². The number of piperidine rings is 1. The molecule has 3 N–H and O–H groups in total. The van der Waals surface area contributed by atoms with Crippen molar-refractivity contribution in [2.75, 3.05) is 23.7 Å². The number of carbonyl (C=O) groups is 1. The molecule has 1 fully saturated rings. The van der Waals surface area contributed by atoms with Crippen LogP contribution in [0, 0.1) is 6.92 Å². The maximum Gasteiger partial charge on any atom is 0.220 e. The summed E-state index contributed by atoms with van der Waals surface area (Å²) in [6.07, 6.45) is 1.40. The Morgan fingerprint density at radius 2 is 2.05 bits per heavy atom. The van der Waals surface area contributed by atoms with E-state index in [1.807, 2.05) is 6.92 Å². The Morgan fingerprint density at radius 1 is 1.33 bits per heavy atom. The van der Waals surface area contributed by atoms with Crippen LogP contribution in [0.5, 0.6) is 0 Å². The molecule has 1 aliphatic rings. The van der Waals surface area contributed by atoms with Crippen LogP contribution in [0.2, 0.25) is 0 Å². The van der Waals surface area contributed by atoms with Gasteiger partial charge >= 0.3 is 0 Å². The normalized spacial score (nSPS) is 18.5. The lowest BCUT2D eigenvalue weighted by molar-refractivity contribution is -0.122. The lowest BCUT2D eigenvalue weighted by Crippen LogP contribution is -2.42. The van der Waals surface area contributed by atoms with Gasteiger partial charge in [-0.25, -0.2) is 9.97 Å². The molecule has 0 aromatic carbocycles. The highest BCUT2D eigenvalue weighted by atomic mass is 16.1. The molecule has 1 aromatic heterocycles. The Hall–Kier alpha value is -1.85. The molecule has 2 rings (SSSR count). The van der Waals surface area contributed by atoms with Crippen LogP contribution in [0.25, 0.3) is 0 Å². The van der Waals surface area contributed by atoms with E-state index in [0.29, 0.717) is 13.0 Å². The molecular formula is C15H25N5O. The molecule has 1 atom stereocenters. The highest BCUT2D eigenvalue weighted by molar-refractivity contribution is 5.77. The van der Waals surface area contributed by atoms with Crippen molar-refractivity contribution in [2.24, 2.45) is 0 Å². The van der Waals surface area contributed by atoms with Gasteiger partial charge in [0.05, 0.1) is 0 Å². The summed E-state index contributed by atoms with van der Waals surface area (Å²) in [4.78, 5) is 20.5. The Bertz CT molecular complexity index is 505. The molecule has 6 heteroatoms. The minimum atomic E-state index is 0.128. The van der Waals surface area contributed by atoms with Crippen molar-refractivity contribution in [2.45, 2.75) is 52.5 Å². The molecular weight excluding hydrogens is 266 g/mol. The van der Waals surface area contributed by atoms with Gasteiger partial charge in [0.15, 0.2) is 0 Å². The number of carbonyl (C=O) groups excluding carboxylic acids is 1. The highest BCUT2D eigenvalue weighted by Crippen LogP contribution is 2.24. The average Bonchev–Trinajstić information content (AvgIpc) is 2.45. The minimum Gasteiger partial charge on any atom is -0.370 e. The zero-order valence-corrected chi connectivity index (χ0v) is 13.3. The van der Waals surface area contributed by atoms with Crippen LogP contribution in [0.15, 0.2) is 0 Å². The van der Waals surface area contributed by atoms with Crippen molar-refractivity contribution in [1.29, 1.82) is 0 Å². The van der Waals surface area contributed by atoms with Crippen molar-refractivity contribution < 1.29 is 4.79 Å². The number of hydrogen-bond donors (Lipinski definition) is 3. The Balaban J connectivity index is 2.22. The van der Waals surface area contributed by atoms with Gasteiger partial charge in [0.1, 0.15) is 17.5 Å². The second kappa shape index (κ2) is 6.74. The summed E-state index contributed by atoms with van der Waals surface area (Å²) in [7, 11) is 0. The Labute approximate surface area is 126 Å². The van der Waals surface area contributed by atoms with E-state index < -0.39 is 0 Å². The first-order valence-electron chi connectivity index (χ1n) is 7.66. The molecule has 1 amide bonds. The largest absolute Gasteiger partial charge is 0.370 e. The van der Waals surface area contributed by atoms with E-state index in [4.69, 9.17) is 0 Å². The molecule has 1 unspecified atom stereocenters. The Morgan fingerprint density at radius 3 is 2.62 bits per heavy atom. The van der Waals surface area contributed by atoms with E-state index in [9.17, 15) is 4.79 Å². The van der Waals surface area contributed by atoms with Crippen LogP contribution >= 0.6 is 0 Å². The van der Waals surface area contributed by atoms with Crippen molar-refractivity contribution in [1.82, 2.24) is 15.3 Å². The first kappa shape index (κ1) is 15.5. The monoisotopic (exact) mass is 291 g/mol. The lowest BCUT2D eigenvalue weighted by atomic mass is 10.1. The highest BCUT2D eigenvalue weighted by Gasteiger charge is 2.20. The van der Waals surface area contributed by atoms with Gasteiger partial charge in [-0.05, 0) is 20.3 Å². The molecule has 1 saturated heterocycles. The van der Waals surface area contributed by atoms with Gasteiger partial charge in [-0.3, -0.25) is 4.79 Å². The number of anilines is 2. The van der Waals surface area contributed by atoms with Gasteiger partial charge in [-0.15, -0.1) is 0 Å². The first-order chi connectivity index (χ1) is 10.0. The predicted octanol–water partition coefficient (Wildman–Crippen LogP) is 2.03. The predicted molar refractivity (Wildman–Crippen MR) is 84.7 cm³/mol. The third-order valence-electron chi connectivity index (χ3n) is 3.63. The molecule has 6 nitrogen and oxygen atoms in total. The van der Waals surface area contributed by atoms with Gasteiger partial charge in [0.2, 0.25) is 5.91 Å². The summed E-state index contributed by atoms with van der Waals surface area (Å²) in [5, 5.41) is 9.64. The molecule has 116 valence electrons. The van der Waals surface area contributed by atoms with Crippen LogP contribution in [0.3, 0.4) is 0 Å². The topological polar surface area (TPSA) is 78.9 Å². The number of hydrogen-bond acceptors (Lipinski definition) is 5. The second-order valence-electron chi connectivity index (χ2n) is 5.77. The van der Waals surface area contributed by atoms with Crippen LogP contribution in [0.1, 0.15) is 50.9 Å². The fraction of sp³-hybridized carbons (Fsp3) is 0.667. The molecule has 0 saturated carbocycles. The number of nitrogens with zero attached hydrogens (tertiary/aromatic N) is 2. The summed E-state index contributed by atoms with van der Waals surface area (Å²) < 4.78 is 0. The van der Waals surface area contributed by atoms with Crippen molar-refractivity contribution >= 4 is 17.5 Å². The maximum absolute atomic E-state index is 11.2. The zero-order valence-electron chi connectivity index (χ0n) is 13.3. The molecule has 0 radical (unpaired) electrons. The standard InChI is InChI=1S/C15H25N5O/c1-5-16-14-10(4)15(20-13(19-14)9(2)3)18-11-6-7-12(21)17-8-11/h9,11H,5-8H2,1-4H3,(H,17,21)(H2,16,18,19,20). The van der Waals surface area contributed by atoms with Crippen LogP contribution in [-0.4, -0.2) is 35.0 Å². The average molecular weight is 291 g/mol. The molecule has 1 aliphatic heterocycles. The third kappa shape index (κ3) is 3.83. The minimum absolute atomic E-state index is 0.128. The summed E-state index contributed by atoms with van der Waals surface area (Å²) >= 11 is 0. The van der Waals surface area contributed by atoms with Crippen molar-refractivity contribution in [3.05, 3.63) is 11.4 Å². The van der Waals surface area contributed by atoms with Gasteiger partial charge in [-0.2, -0.15) is 0 Å². The zero-order chi connectivity index (χ0) is 15.4. The number of nitrogens with one attached hydrogen (secondary N) is 3. The van der Waals surface area contributed by atoms with Crippen LogP contribution in [0.4, 0.5) is 11.6 Å². The van der Waals surface area contributed by atoms with E-state index in [2.05, 4.69) is 46.7 Å². The van der Waals surface area contributed by atoms with Gasteiger partial charge in [-0.1, -0.05) is 13.8 Å². The van der Waals surface area contributed by atoms with Gasteiger partial charge in [0.25, 0.3) is 0 Å². The molecule has 1 aromatic rings. The lowest BCUT2D eigenvalue weighted by Gasteiger charge is -2.25. The van der Waals surface area contributed by atoms with E-state index in [-0.39, 0.29) is 17.9 Å². The summed E-state index contributed by atoms with van der Waals surface area (Å²) in [6, 6.07) is 0.228. The number of aromatic nitrogens is 2. The van der Waals surface area contributed by atoms with E-state index in [1.54, 1.807) is 0 Å². The molecule has 2 heterocycles. The van der Waals surface area contributed by atoms with E-state index >= 15 is 0 Å². The third-order valence-corrected chi connectivity index (χ3v) is 3.63. The van der Waals surface area contributed by atoms with Gasteiger partial charge < -0.3 is 16.0 Å². The summed E-state index contributed by atoms with van der Waals surface area (Å²) in [5.74, 6) is 2.99. The molecule has 0 bridgehead atoms. The smallest absolute Gasteiger partial charge is 0.220 e. The molecule has 0 aliphatic carbocycles. The SMILES string of the molecule is CCNc1nc(C(C)C)nc(NC2CCC(=O)NC2)c1C. The molecule has 0 spiro atoms. The maximum atomic E-state index is 11.2. The number of rotatable bonds is 5. The quantitative estimate of drug-likeness (QED) is 0.773.